The first kappa shape index (κ1) is 11.2. The summed E-state index contributed by atoms with van der Waals surface area (Å²) in [5.41, 5.74) is 3.83. The Morgan fingerprint density at radius 3 is 3.00 bits per heavy atom. The van der Waals surface area contributed by atoms with Crippen LogP contribution in [-0.4, -0.2) is 14.5 Å². The molecular formula is C15H15N3S. The number of hydrogen-bond donors (Lipinski definition) is 0. The number of benzene rings is 1. The van der Waals surface area contributed by atoms with Crippen molar-refractivity contribution in [1.29, 1.82) is 0 Å². The minimum atomic E-state index is 0.863. The molecule has 0 radical (unpaired) electrons. The third-order valence-corrected chi connectivity index (χ3v) is 4.77. The maximum Gasteiger partial charge on any atom is 0.114 e. The van der Waals surface area contributed by atoms with Crippen LogP contribution in [0.25, 0.3) is 10.2 Å². The van der Waals surface area contributed by atoms with Gasteiger partial charge in [0.05, 0.1) is 28.8 Å². The van der Waals surface area contributed by atoms with Gasteiger partial charge in [0.2, 0.25) is 0 Å². The second kappa shape index (κ2) is 4.46. The van der Waals surface area contributed by atoms with E-state index in [1.165, 1.54) is 40.4 Å². The normalized spacial score (nSPS) is 14.7. The molecule has 1 aliphatic carbocycles. The fraction of sp³-hybridized carbons (Fsp3) is 0.333. The molecule has 0 unspecified atom stereocenters. The average molecular weight is 269 g/mol. The molecule has 1 aromatic carbocycles. The lowest BCUT2D eigenvalue weighted by molar-refractivity contribution is 0.628. The number of para-hydroxylation sites is 1. The van der Waals surface area contributed by atoms with E-state index in [1.807, 2.05) is 12.4 Å². The second-order valence-corrected chi connectivity index (χ2v) is 6.16. The van der Waals surface area contributed by atoms with Gasteiger partial charge in [-0.15, -0.1) is 11.3 Å². The molecule has 4 rings (SSSR count). The maximum atomic E-state index is 4.71. The van der Waals surface area contributed by atoms with Gasteiger partial charge in [-0.3, -0.25) is 0 Å². The van der Waals surface area contributed by atoms with E-state index >= 15 is 0 Å². The van der Waals surface area contributed by atoms with Gasteiger partial charge < -0.3 is 4.57 Å². The Hall–Kier alpha value is -1.68. The summed E-state index contributed by atoms with van der Waals surface area (Å²) in [4.78, 5) is 9.25. The molecule has 4 heteroatoms. The summed E-state index contributed by atoms with van der Waals surface area (Å²) in [6.07, 6.45) is 6.87. The van der Waals surface area contributed by atoms with Crippen molar-refractivity contribution < 1.29 is 0 Å². The van der Waals surface area contributed by atoms with E-state index in [0.29, 0.717) is 0 Å². The van der Waals surface area contributed by atoms with Crippen LogP contribution in [0.2, 0.25) is 0 Å². The molecule has 2 heterocycles. The summed E-state index contributed by atoms with van der Waals surface area (Å²) in [5.74, 6) is 0. The lowest BCUT2D eigenvalue weighted by Gasteiger charge is -2.12. The van der Waals surface area contributed by atoms with Crippen LogP contribution in [0.5, 0.6) is 0 Å². The molecule has 0 fully saturated rings. The Kier molecular flexibility index (Phi) is 2.62. The summed E-state index contributed by atoms with van der Waals surface area (Å²) in [7, 11) is 0. The maximum absolute atomic E-state index is 4.71. The third-order valence-electron chi connectivity index (χ3n) is 3.75. The number of fused-ring (bicyclic) bond motifs is 2. The highest BCUT2D eigenvalue weighted by Crippen LogP contribution is 2.25. The molecule has 96 valence electrons. The van der Waals surface area contributed by atoms with Crippen LogP contribution in [0.4, 0.5) is 0 Å². The van der Waals surface area contributed by atoms with Gasteiger partial charge in [-0.1, -0.05) is 12.1 Å². The van der Waals surface area contributed by atoms with Crippen LogP contribution in [0.15, 0.2) is 30.6 Å². The Morgan fingerprint density at radius 2 is 2.05 bits per heavy atom. The molecule has 19 heavy (non-hydrogen) atoms. The van der Waals surface area contributed by atoms with Crippen LogP contribution >= 0.6 is 11.3 Å². The van der Waals surface area contributed by atoms with Gasteiger partial charge in [0, 0.05) is 5.69 Å². The number of nitrogens with zero attached hydrogens (tertiary/aromatic N) is 3. The zero-order chi connectivity index (χ0) is 12.7. The van der Waals surface area contributed by atoms with Gasteiger partial charge in [0.15, 0.2) is 0 Å². The van der Waals surface area contributed by atoms with E-state index in [-0.39, 0.29) is 0 Å². The quantitative estimate of drug-likeness (QED) is 0.713. The molecule has 0 bridgehead atoms. The van der Waals surface area contributed by atoms with Gasteiger partial charge in [-0.2, -0.15) is 0 Å². The number of aryl methyl sites for hydroxylation is 1. The molecule has 0 spiro atoms. The highest BCUT2D eigenvalue weighted by Gasteiger charge is 2.16. The highest BCUT2D eigenvalue weighted by molar-refractivity contribution is 7.18. The van der Waals surface area contributed by atoms with Crippen molar-refractivity contribution in [3.05, 3.63) is 47.0 Å². The molecule has 0 saturated heterocycles. The number of imidazole rings is 1. The van der Waals surface area contributed by atoms with Gasteiger partial charge in [0.25, 0.3) is 0 Å². The van der Waals surface area contributed by atoms with Crippen molar-refractivity contribution in [2.24, 2.45) is 0 Å². The zero-order valence-corrected chi connectivity index (χ0v) is 11.5. The van der Waals surface area contributed by atoms with E-state index < -0.39 is 0 Å². The third kappa shape index (κ3) is 1.96. The van der Waals surface area contributed by atoms with Crippen LogP contribution in [0.1, 0.15) is 29.2 Å². The van der Waals surface area contributed by atoms with Crippen molar-refractivity contribution in [3.63, 3.8) is 0 Å². The Morgan fingerprint density at radius 1 is 1.16 bits per heavy atom. The summed E-state index contributed by atoms with van der Waals surface area (Å²) in [6.45, 7) is 0.863. The minimum absolute atomic E-state index is 0.863. The molecule has 0 atom stereocenters. The van der Waals surface area contributed by atoms with Gasteiger partial charge in [-0.05, 0) is 37.8 Å². The average Bonchev–Trinajstić information content (AvgIpc) is 3.03. The van der Waals surface area contributed by atoms with Crippen molar-refractivity contribution in [2.75, 3.05) is 0 Å². The molecule has 0 aliphatic heterocycles. The second-order valence-electron chi connectivity index (χ2n) is 5.05. The van der Waals surface area contributed by atoms with E-state index in [1.54, 1.807) is 11.3 Å². The van der Waals surface area contributed by atoms with Crippen molar-refractivity contribution in [2.45, 2.75) is 32.2 Å². The summed E-state index contributed by atoms with van der Waals surface area (Å²) < 4.78 is 3.55. The largest absolute Gasteiger partial charge is 0.327 e. The number of rotatable bonds is 2. The van der Waals surface area contributed by atoms with Crippen molar-refractivity contribution in [3.8, 4) is 0 Å². The van der Waals surface area contributed by atoms with Gasteiger partial charge >= 0.3 is 0 Å². The predicted molar refractivity (Wildman–Crippen MR) is 77.6 cm³/mol. The fourth-order valence-corrected chi connectivity index (χ4v) is 3.77. The zero-order valence-electron chi connectivity index (χ0n) is 10.7. The smallest absolute Gasteiger partial charge is 0.114 e. The van der Waals surface area contributed by atoms with E-state index in [4.69, 9.17) is 4.98 Å². The lowest BCUT2D eigenvalue weighted by Crippen LogP contribution is -2.08. The van der Waals surface area contributed by atoms with Crippen molar-refractivity contribution >= 4 is 21.6 Å². The molecule has 3 aromatic rings. The van der Waals surface area contributed by atoms with E-state index in [9.17, 15) is 0 Å². The van der Waals surface area contributed by atoms with Crippen molar-refractivity contribution in [1.82, 2.24) is 14.5 Å². The minimum Gasteiger partial charge on any atom is -0.327 e. The predicted octanol–water partition coefficient (Wildman–Crippen LogP) is 3.42. The summed E-state index contributed by atoms with van der Waals surface area (Å²) in [5, 5.41) is 1.17. The number of hydrogen-bond acceptors (Lipinski definition) is 3. The highest BCUT2D eigenvalue weighted by atomic mass is 32.1. The van der Waals surface area contributed by atoms with Gasteiger partial charge in [0.1, 0.15) is 5.01 Å². The molecule has 2 aromatic heterocycles. The lowest BCUT2D eigenvalue weighted by atomic mass is 10.0. The molecular weight excluding hydrogens is 254 g/mol. The Balaban J connectivity index is 1.69. The fourth-order valence-electron chi connectivity index (χ4n) is 2.80. The van der Waals surface area contributed by atoms with E-state index in [2.05, 4.69) is 27.8 Å². The molecule has 1 aliphatic rings. The van der Waals surface area contributed by atoms with Crippen LogP contribution < -0.4 is 0 Å². The first-order valence-corrected chi connectivity index (χ1v) is 7.59. The molecule has 0 amide bonds. The number of thiazole rings is 1. The molecule has 0 saturated carbocycles. The number of aromatic nitrogens is 3. The van der Waals surface area contributed by atoms with E-state index in [0.717, 1.165) is 18.5 Å². The summed E-state index contributed by atoms with van der Waals surface area (Å²) >= 11 is 1.79. The SMILES string of the molecule is c1ccc2sc(Cn3cnc4c3CCCC4)nc2c1. The first-order valence-electron chi connectivity index (χ1n) is 6.77. The molecule has 3 nitrogen and oxygen atoms in total. The first-order chi connectivity index (χ1) is 9.40. The monoisotopic (exact) mass is 269 g/mol. The molecule has 0 N–H and O–H groups in total. The van der Waals surface area contributed by atoms with Crippen LogP contribution in [-0.2, 0) is 19.4 Å². The van der Waals surface area contributed by atoms with Crippen LogP contribution in [0.3, 0.4) is 0 Å². The summed E-state index contributed by atoms with van der Waals surface area (Å²) in [6, 6.07) is 8.34. The Labute approximate surface area is 115 Å². The standard InChI is InChI=1S/C15H15N3S/c1-3-7-13-11(5-1)16-10-18(13)9-15-17-12-6-2-4-8-14(12)19-15/h2,4,6,8,10H,1,3,5,7,9H2. The van der Waals surface area contributed by atoms with Crippen LogP contribution in [0, 0.1) is 0 Å². The topological polar surface area (TPSA) is 30.7 Å². The Bertz CT molecular complexity index is 693. The van der Waals surface area contributed by atoms with Gasteiger partial charge in [-0.25, -0.2) is 9.97 Å².